The lowest BCUT2D eigenvalue weighted by Crippen LogP contribution is -2.46. The van der Waals surface area contributed by atoms with E-state index >= 15 is 0 Å². The average Bonchev–Trinajstić information content (AvgIpc) is 1.90. The van der Waals surface area contributed by atoms with Crippen molar-refractivity contribution in [3.05, 3.63) is 12.2 Å². The van der Waals surface area contributed by atoms with E-state index in [1.165, 1.54) is 0 Å². The molecule has 2 unspecified atom stereocenters. The van der Waals surface area contributed by atoms with Crippen LogP contribution in [0.25, 0.3) is 0 Å². The Morgan fingerprint density at radius 1 is 0.875 bits per heavy atom. The first-order chi connectivity index (χ1) is 7.05. The predicted octanol–water partition coefficient (Wildman–Crippen LogP) is 3.93. The molecule has 0 fully saturated rings. The van der Waals surface area contributed by atoms with Gasteiger partial charge >= 0.3 is 0 Å². The Morgan fingerprint density at radius 2 is 1.31 bits per heavy atom. The number of nitrogens with zero attached hydrogens (tertiary/aromatic N) is 1. The van der Waals surface area contributed by atoms with Crippen molar-refractivity contribution in [2.24, 2.45) is 0 Å². The molecule has 2 atom stereocenters. The summed E-state index contributed by atoms with van der Waals surface area (Å²) in [7, 11) is 4.37. The van der Waals surface area contributed by atoms with Crippen LogP contribution in [0.4, 0.5) is 0 Å². The third-order valence-corrected chi connectivity index (χ3v) is 7.16. The molecule has 1 rings (SSSR count). The number of hydrogen-bond donors (Lipinski definition) is 0. The van der Waals surface area contributed by atoms with Gasteiger partial charge in [0.05, 0.1) is 0 Å². The molecule has 0 saturated carbocycles. The van der Waals surface area contributed by atoms with Gasteiger partial charge in [0.15, 0.2) is 0 Å². The molecule has 16 heavy (non-hydrogen) atoms. The van der Waals surface area contributed by atoms with E-state index in [-0.39, 0.29) is 7.92 Å². The molecule has 1 aliphatic rings. The minimum absolute atomic E-state index is 0.0175. The van der Waals surface area contributed by atoms with Gasteiger partial charge in [-0.1, -0.05) is 61.6 Å². The summed E-state index contributed by atoms with van der Waals surface area (Å²) in [5.74, 6) is 0. The van der Waals surface area contributed by atoms with Crippen LogP contribution in [0.2, 0.25) is 0 Å². The second kappa shape index (κ2) is 4.42. The minimum Gasteiger partial charge on any atom is -0.302 e. The summed E-state index contributed by atoms with van der Waals surface area (Å²) in [6.45, 7) is 14.4. The fraction of sp³-hybridized carbons (Fsp3) is 0.857. The fourth-order valence-electron chi connectivity index (χ4n) is 2.93. The Balaban J connectivity index is 2.93. The van der Waals surface area contributed by atoms with Crippen molar-refractivity contribution in [2.45, 2.75) is 63.6 Å². The molecular formula is C14H28NP. The van der Waals surface area contributed by atoms with Gasteiger partial charge in [-0.25, -0.2) is 0 Å². The molecule has 1 aliphatic carbocycles. The Morgan fingerprint density at radius 3 is 1.50 bits per heavy atom. The third kappa shape index (κ3) is 2.87. The van der Waals surface area contributed by atoms with E-state index in [1.807, 2.05) is 0 Å². The fourth-order valence-corrected chi connectivity index (χ4v) is 7.67. The van der Waals surface area contributed by atoms with Gasteiger partial charge in [-0.05, 0) is 24.4 Å². The maximum Gasteiger partial charge on any atom is 0.0375 e. The first kappa shape index (κ1) is 14.2. The molecule has 0 saturated heterocycles. The molecule has 0 bridgehead atoms. The highest BCUT2D eigenvalue weighted by molar-refractivity contribution is 7.62. The highest BCUT2D eigenvalue weighted by atomic mass is 31.1. The van der Waals surface area contributed by atoms with Crippen molar-refractivity contribution < 1.29 is 0 Å². The Labute approximate surface area is 103 Å². The summed E-state index contributed by atoms with van der Waals surface area (Å²) in [5.41, 5.74) is 0.769. The molecule has 0 amide bonds. The number of rotatable bonds is 2. The van der Waals surface area contributed by atoms with Crippen LogP contribution in [0.1, 0.15) is 41.5 Å². The lowest BCUT2D eigenvalue weighted by atomic mass is 10.0. The van der Waals surface area contributed by atoms with Crippen molar-refractivity contribution in [3.63, 3.8) is 0 Å². The molecule has 2 heteroatoms. The first-order valence-electron chi connectivity index (χ1n) is 6.19. The molecule has 0 radical (unpaired) electrons. The topological polar surface area (TPSA) is 3.24 Å². The van der Waals surface area contributed by atoms with E-state index in [2.05, 4.69) is 72.7 Å². The quantitative estimate of drug-likeness (QED) is 0.523. The van der Waals surface area contributed by atoms with Crippen LogP contribution in [0.15, 0.2) is 12.2 Å². The zero-order valence-corrected chi connectivity index (χ0v) is 13.1. The summed E-state index contributed by atoms with van der Waals surface area (Å²) >= 11 is 0. The number of likely N-dealkylation sites (N-methyl/N-ethyl adjacent to an activating group) is 1. The molecule has 0 aromatic rings. The van der Waals surface area contributed by atoms with Gasteiger partial charge in [0.25, 0.3) is 0 Å². The molecule has 1 nitrogen and oxygen atoms in total. The van der Waals surface area contributed by atoms with Crippen molar-refractivity contribution in [1.82, 2.24) is 4.90 Å². The second-order valence-corrected chi connectivity index (χ2v) is 11.1. The number of hydrogen-bond acceptors (Lipinski definition) is 1. The second-order valence-electron chi connectivity index (χ2n) is 7.04. The standard InChI is InChI=1S/C14H28NP/c1-13(2,3)16(14(4,5)6)12-10-9-11(12)15(7)8/h9-12H,1-8H3. The van der Waals surface area contributed by atoms with Crippen molar-refractivity contribution in [2.75, 3.05) is 14.1 Å². The molecule has 0 heterocycles. The van der Waals surface area contributed by atoms with Gasteiger partial charge in [0, 0.05) is 11.7 Å². The van der Waals surface area contributed by atoms with Crippen molar-refractivity contribution >= 4 is 7.92 Å². The van der Waals surface area contributed by atoms with Gasteiger partial charge in [0.1, 0.15) is 0 Å². The van der Waals surface area contributed by atoms with E-state index in [0.29, 0.717) is 16.4 Å². The van der Waals surface area contributed by atoms with E-state index in [1.54, 1.807) is 0 Å². The molecule has 0 N–H and O–H groups in total. The van der Waals surface area contributed by atoms with Crippen LogP contribution in [0, 0.1) is 0 Å². The van der Waals surface area contributed by atoms with E-state index in [0.717, 1.165) is 5.66 Å². The minimum atomic E-state index is -0.0175. The molecule has 0 aromatic carbocycles. The highest BCUT2D eigenvalue weighted by Gasteiger charge is 2.44. The Hall–Kier alpha value is 0.130. The largest absolute Gasteiger partial charge is 0.302 e. The van der Waals surface area contributed by atoms with Crippen LogP contribution in [-0.2, 0) is 0 Å². The summed E-state index contributed by atoms with van der Waals surface area (Å²) < 4.78 is 0. The highest BCUT2D eigenvalue weighted by Crippen LogP contribution is 2.65. The van der Waals surface area contributed by atoms with Crippen LogP contribution >= 0.6 is 7.92 Å². The summed E-state index contributed by atoms with van der Waals surface area (Å²) in [6.07, 6.45) is 4.80. The monoisotopic (exact) mass is 241 g/mol. The van der Waals surface area contributed by atoms with Crippen LogP contribution in [0.3, 0.4) is 0 Å². The predicted molar refractivity (Wildman–Crippen MR) is 76.8 cm³/mol. The zero-order chi connectivity index (χ0) is 12.7. The Bertz CT molecular complexity index is 253. The Kier molecular flexibility index (Phi) is 3.92. The van der Waals surface area contributed by atoms with Crippen molar-refractivity contribution in [3.8, 4) is 0 Å². The molecule has 0 aromatic heterocycles. The van der Waals surface area contributed by atoms with Gasteiger partial charge in [-0.3, -0.25) is 0 Å². The third-order valence-electron chi connectivity index (χ3n) is 3.20. The zero-order valence-electron chi connectivity index (χ0n) is 12.2. The maximum absolute atomic E-state index is 2.44. The lowest BCUT2D eigenvalue weighted by Gasteiger charge is -2.51. The van der Waals surface area contributed by atoms with Crippen LogP contribution < -0.4 is 0 Å². The lowest BCUT2D eigenvalue weighted by molar-refractivity contribution is 0.328. The molecule has 0 aliphatic heterocycles. The van der Waals surface area contributed by atoms with Gasteiger partial charge in [-0.15, -0.1) is 0 Å². The van der Waals surface area contributed by atoms with E-state index < -0.39 is 0 Å². The van der Waals surface area contributed by atoms with Crippen LogP contribution in [0.5, 0.6) is 0 Å². The molecule has 94 valence electrons. The molecular weight excluding hydrogens is 213 g/mol. The molecule has 0 spiro atoms. The summed E-state index contributed by atoms with van der Waals surface area (Å²) in [5, 5.41) is 0.856. The average molecular weight is 241 g/mol. The first-order valence-corrected chi connectivity index (χ1v) is 7.60. The van der Waals surface area contributed by atoms with Gasteiger partial charge < -0.3 is 4.90 Å². The van der Waals surface area contributed by atoms with Gasteiger partial charge in [0.2, 0.25) is 0 Å². The maximum atomic E-state index is 2.44. The van der Waals surface area contributed by atoms with E-state index in [4.69, 9.17) is 0 Å². The SMILES string of the molecule is CN(C)C1C=CC1P(C(C)(C)C)C(C)(C)C. The van der Waals surface area contributed by atoms with Gasteiger partial charge in [-0.2, -0.15) is 0 Å². The normalized spacial score (nSPS) is 26.4. The smallest absolute Gasteiger partial charge is 0.0375 e. The van der Waals surface area contributed by atoms with Crippen molar-refractivity contribution in [1.29, 1.82) is 0 Å². The summed E-state index contributed by atoms with van der Waals surface area (Å²) in [4.78, 5) is 2.36. The van der Waals surface area contributed by atoms with Crippen LogP contribution in [-0.4, -0.2) is 41.0 Å². The van der Waals surface area contributed by atoms with E-state index in [9.17, 15) is 0 Å². The summed E-state index contributed by atoms with van der Waals surface area (Å²) in [6, 6.07) is 0.657.